The standard InChI is InChI=1S/C13H16INO2/c1-13(7-4-8-17-9-13)15-12(16)10-5-2-3-6-11(10)14/h2-3,5-6H,4,7-9H2,1H3,(H,15,16). The molecule has 1 aromatic carbocycles. The van der Waals surface area contributed by atoms with E-state index in [0.717, 1.165) is 28.6 Å². The van der Waals surface area contributed by atoms with Crippen LogP contribution in [0.4, 0.5) is 0 Å². The maximum absolute atomic E-state index is 12.2. The number of nitrogens with one attached hydrogen (secondary N) is 1. The van der Waals surface area contributed by atoms with Crippen molar-refractivity contribution in [1.29, 1.82) is 0 Å². The first-order valence-electron chi connectivity index (χ1n) is 5.75. The predicted molar refractivity (Wildman–Crippen MR) is 75.1 cm³/mol. The van der Waals surface area contributed by atoms with Crippen LogP contribution >= 0.6 is 22.6 Å². The van der Waals surface area contributed by atoms with Crippen LogP contribution in [0.3, 0.4) is 0 Å². The summed E-state index contributed by atoms with van der Waals surface area (Å²) in [6, 6.07) is 7.61. The van der Waals surface area contributed by atoms with Crippen molar-refractivity contribution in [3.8, 4) is 0 Å². The highest BCUT2D eigenvalue weighted by Crippen LogP contribution is 2.20. The number of hydrogen-bond donors (Lipinski definition) is 1. The molecule has 1 saturated heterocycles. The molecule has 17 heavy (non-hydrogen) atoms. The van der Waals surface area contributed by atoms with E-state index in [2.05, 4.69) is 27.9 Å². The van der Waals surface area contributed by atoms with Crippen LogP contribution in [-0.2, 0) is 4.74 Å². The molecule has 3 nitrogen and oxygen atoms in total. The lowest BCUT2D eigenvalue weighted by molar-refractivity contribution is 0.0272. The molecule has 0 aliphatic carbocycles. The Morgan fingerprint density at radius 1 is 1.47 bits per heavy atom. The first-order valence-corrected chi connectivity index (χ1v) is 6.83. The maximum atomic E-state index is 12.2. The summed E-state index contributed by atoms with van der Waals surface area (Å²) in [6.45, 7) is 3.44. The lowest BCUT2D eigenvalue weighted by Crippen LogP contribution is -2.51. The van der Waals surface area contributed by atoms with Gasteiger partial charge in [0, 0.05) is 10.2 Å². The molecule has 0 saturated carbocycles. The summed E-state index contributed by atoms with van der Waals surface area (Å²) in [6.07, 6.45) is 1.98. The molecule has 0 spiro atoms. The zero-order chi connectivity index (χ0) is 12.3. The molecule has 1 N–H and O–H groups in total. The summed E-state index contributed by atoms with van der Waals surface area (Å²) in [5, 5.41) is 3.08. The molecule has 1 unspecified atom stereocenters. The molecule has 0 bridgehead atoms. The van der Waals surface area contributed by atoms with E-state index in [1.807, 2.05) is 31.2 Å². The van der Waals surface area contributed by atoms with E-state index < -0.39 is 0 Å². The van der Waals surface area contributed by atoms with Gasteiger partial charge in [0.15, 0.2) is 0 Å². The highest BCUT2D eigenvalue weighted by molar-refractivity contribution is 14.1. The summed E-state index contributed by atoms with van der Waals surface area (Å²) in [7, 11) is 0. The number of hydrogen-bond acceptors (Lipinski definition) is 2. The molecule has 4 heteroatoms. The maximum Gasteiger partial charge on any atom is 0.252 e. The Labute approximate surface area is 115 Å². The molecule has 0 aromatic heterocycles. The quantitative estimate of drug-likeness (QED) is 0.837. The summed E-state index contributed by atoms with van der Waals surface area (Å²) in [5.74, 6) is -0.0111. The van der Waals surface area contributed by atoms with Gasteiger partial charge in [-0.3, -0.25) is 4.79 Å². The molecule has 1 fully saturated rings. The van der Waals surface area contributed by atoms with Crippen molar-refractivity contribution in [1.82, 2.24) is 5.32 Å². The van der Waals surface area contributed by atoms with Gasteiger partial charge in [0.05, 0.1) is 17.7 Å². The van der Waals surface area contributed by atoms with Gasteiger partial charge in [0.25, 0.3) is 5.91 Å². The van der Waals surface area contributed by atoms with Gasteiger partial charge in [-0.2, -0.15) is 0 Å². The second-order valence-electron chi connectivity index (χ2n) is 4.65. The molecule has 1 aliphatic heterocycles. The first kappa shape index (κ1) is 12.8. The Morgan fingerprint density at radius 3 is 2.88 bits per heavy atom. The Hall–Kier alpha value is -0.620. The van der Waals surface area contributed by atoms with Crippen molar-refractivity contribution < 1.29 is 9.53 Å². The lowest BCUT2D eigenvalue weighted by Gasteiger charge is -2.34. The number of amides is 1. The Balaban J connectivity index is 2.09. The van der Waals surface area contributed by atoms with Crippen LogP contribution in [0.5, 0.6) is 0 Å². The Morgan fingerprint density at radius 2 is 2.24 bits per heavy atom. The molecule has 92 valence electrons. The first-order chi connectivity index (χ1) is 8.11. The SMILES string of the molecule is CC1(NC(=O)c2ccccc2I)CCCOC1. The van der Waals surface area contributed by atoms with Gasteiger partial charge in [-0.05, 0) is 54.5 Å². The fraction of sp³-hybridized carbons (Fsp3) is 0.462. The third-order valence-electron chi connectivity index (χ3n) is 2.97. The van der Waals surface area contributed by atoms with Crippen LogP contribution in [-0.4, -0.2) is 24.7 Å². The molecule has 0 radical (unpaired) electrons. The van der Waals surface area contributed by atoms with E-state index in [4.69, 9.17) is 4.74 Å². The zero-order valence-corrected chi connectivity index (χ0v) is 12.0. The fourth-order valence-corrected chi connectivity index (χ4v) is 2.65. The minimum atomic E-state index is -0.228. The van der Waals surface area contributed by atoms with Gasteiger partial charge < -0.3 is 10.1 Å². The van der Waals surface area contributed by atoms with Crippen molar-refractivity contribution in [3.05, 3.63) is 33.4 Å². The van der Waals surface area contributed by atoms with E-state index in [9.17, 15) is 4.79 Å². The highest BCUT2D eigenvalue weighted by atomic mass is 127. The Bertz CT molecular complexity index is 414. The van der Waals surface area contributed by atoms with Crippen molar-refractivity contribution in [3.63, 3.8) is 0 Å². The largest absolute Gasteiger partial charge is 0.379 e. The van der Waals surface area contributed by atoms with Crippen LogP contribution in [0.2, 0.25) is 0 Å². The van der Waals surface area contributed by atoms with Crippen molar-refractivity contribution in [2.75, 3.05) is 13.2 Å². The second kappa shape index (κ2) is 5.35. The number of benzene rings is 1. The molecule has 1 aromatic rings. The van der Waals surface area contributed by atoms with Crippen molar-refractivity contribution in [2.24, 2.45) is 0 Å². The summed E-state index contributed by atoms with van der Waals surface area (Å²) < 4.78 is 6.41. The minimum absolute atomic E-state index is 0.0111. The monoisotopic (exact) mass is 345 g/mol. The Kier molecular flexibility index (Phi) is 4.04. The van der Waals surface area contributed by atoms with E-state index >= 15 is 0 Å². The number of rotatable bonds is 2. The number of carbonyl (C=O) groups excluding carboxylic acids is 1. The van der Waals surface area contributed by atoms with Gasteiger partial charge in [0.2, 0.25) is 0 Å². The van der Waals surface area contributed by atoms with Gasteiger partial charge in [-0.15, -0.1) is 0 Å². The normalized spacial score (nSPS) is 24.4. The number of carbonyl (C=O) groups is 1. The smallest absolute Gasteiger partial charge is 0.252 e. The highest BCUT2D eigenvalue weighted by Gasteiger charge is 2.29. The summed E-state index contributed by atoms with van der Waals surface area (Å²) in [5.41, 5.74) is 0.508. The van der Waals surface area contributed by atoms with Gasteiger partial charge in [-0.1, -0.05) is 12.1 Å². The van der Waals surface area contributed by atoms with E-state index in [-0.39, 0.29) is 11.4 Å². The van der Waals surface area contributed by atoms with Crippen LogP contribution < -0.4 is 5.32 Å². The van der Waals surface area contributed by atoms with Gasteiger partial charge in [-0.25, -0.2) is 0 Å². The molecule has 1 amide bonds. The van der Waals surface area contributed by atoms with Gasteiger partial charge in [0.1, 0.15) is 0 Å². The topological polar surface area (TPSA) is 38.3 Å². The predicted octanol–water partition coefficient (Wildman–Crippen LogP) is 2.59. The molecule has 1 aliphatic rings. The summed E-state index contributed by atoms with van der Waals surface area (Å²) in [4.78, 5) is 12.2. The number of halogens is 1. The van der Waals surface area contributed by atoms with Crippen LogP contribution in [0.25, 0.3) is 0 Å². The van der Waals surface area contributed by atoms with Crippen molar-refractivity contribution in [2.45, 2.75) is 25.3 Å². The molecule has 2 rings (SSSR count). The second-order valence-corrected chi connectivity index (χ2v) is 5.81. The van der Waals surface area contributed by atoms with Gasteiger partial charge >= 0.3 is 0 Å². The average Bonchev–Trinajstić information content (AvgIpc) is 2.29. The zero-order valence-electron chi connectivity index (χ0n) is 9.83. The number of ether oxygens (including phenoxy) is 1. The van der Waals surface area contributed by atoms with Crippen LogP contribution in [0.15, 0.2) is 24.3 Å². The average molecular weight is 345 g/mol. The summed E-state index contributed by atoms with van der Waals surface area (Å²) >= 11 is 2.18. The fourth-order valence-electron chi connectivity index (χ4n) is 2.02. The van der Waals surface area contributed by atoms with E-state index in [1.54, 1.807) is 0 Å². The molecular formula is C13H16INO2. The molecule has 1 heterocycles. The van der Waals surface area contributed by atoms with Crippen LogP contribution in [0, 0.1) is 3.57 Å². The van der Waals surface area contributed by atoms with Crippen LogP contribution in [0.1, 0.15) is 30.1 Å². The molecular weight excluding hydrogens is 329 g/mol. The third-order valence-corrected chi connectivity index (χ3v) is 3.91. The lowest BCUT2D eigenvalue weighted by atomic mass is 9.94. The molecule has 1 atom stereocenters. The van der Waals surface area contributed by atoms with E-state index in [0.29, 0.717) is 6.61 Å². The van der Waals surface area contributed by atoms with Crippen molar-refractivity contribution >= 4 is 28.5 Å². The third kappa shape index (κ3) is 3.19. The minimum Gasteiger partial charge on any atom is -0.379 e. The van der Waals surface area contributed by atoms with E-state index in [1.165, 1.54) is 0 Å².